The molecule has 10 heteroatoms. The van der Waals surface area contributed by atoms with Crippen LogP contribution >= 0.6 is 11.6 Å². The maximum Gasteiger partial charge on any atom is 0.573 e. The van der Waals surface area contributed by atoms with Crippen LogP contribution in [0.5, 0.6) is 5.75 Å². The number of alkyl halides is 3. The highest BCUT2D eigenvalue weighted by molar-refractivity contribution is 6.32. The Balaban J connectivity index is 1.63. The third-order valence-electron chi connectivity index (χ3n) is 4.05. The summed E-state index contributed by atoms with van der Waals surface area (Å²) in [5.41, 5.74) is 6.41. The number of anilines is 1. The van der Waals surface area contributed by atoms with Crippen molar-refractivity contribution in [1.29, 1.82) is 0 Å². The summed E-state index contributed by atoms with van der Waals surface area (Å²) in [5, 5.41) is 3.56. The van der Waals surface area contributed by atoms with Crippen molar-refractivity contribution in [2.24, 2.45) is 5.92 Å². The minimum Gasteiger partial charge on any atom is -0.404 e. The van der Waals surface area contributed by atoms with Crippen LogP contribution < -0.4 is 10.5 Å². The maximum absolute atomic E-state index is 12.5. The summed E-state index contributed by atoms with van der Waals surface area (Å²) < 4.78 is 45.4. The summed E-state index contributed by atoms with van der Waals surface area (Å²) in [6.45, 7) is 1.04. The Morgan fingerprint density at radius 3 is 2.81 bits per heavy atom. The van der Waals surface area contributed by atoms with Crippen molar-refractivity contribution in [3.05, 3.63) is 40.5 Å². The molecule has 2 heterocycles. The SMILES string of the molecule is Nc1cc(CC2CCN(C(=O)c3ccc(OC(F)(F)F)c(Cl)c3)C2)no1. The van der Waals surface area contributed by atoms with Gasteiger partial charge in [-0.3, -0.25) is 4.79 Å². The average Bonchev–Trinajstić information content (AvgIpc) is 3.17. The molecular formula is C16H15ClF3N3O3. The van der Waals surface area contributed by atoms with Crippen LogP contribution in [-0.2, 0) is 6.42 Å². The number of likely N-dealkylation sites (tertiary alicyclic amines) is 1. The van der Waals surface area contributed by atoms with Gasteiger partial charge >= 0.3 is 6.36 Å². The Morgan fingerprint density at radius 1 is 1.42 bits per heavy atom. The van der Waals surface area contributed by atoms with Gasteiger partial charge in [-0.1, -0.05) is 16.8 Å². The van der Waals surface area contributed by atoms with E-state index in [1.807, 2.05) is 0 Å². The zero-order valence-corrected chi connectivity index (χ0v) is 14.2. The van der Waals surface area contributed by atoms with Gasteiger partial charge in [-0.15, -0.1) is 13.2 Å². The number of ether oxygens (including phenoxy) is 1. The minimum absolute atomic E-state index is 0.201. The second-order valence-electron chi connectivity index (χ2n) is 6.02. The number of hydrogen-bond donors (Lipinski definition) is 1. The van der Waals surface area contributed by atoms with Crippen molar-refractivity contribution in [3.63, 3.8) is 0 Å². The fourth-order valence-electron chi connectivity index (χ4n) is 2.93. The second-order valence-corrected chi connectivity index (χ2v) is 6.43. The van der Waals surface area contributed by atoms with Crippen LogP contribution in [0.3, 0.4) is 0 Å². The van der Waals surface area contributed by atoms with Crippen LogP contribution in [0.15, 0.2) is 28.8 Å². The Morgan fingerprint density at radius 2 is 2.19 bits per heavy atom. The summed E-state index contributed by atoms with van der Waals surface area (Å²) in [5.74, 6) is -0.403. The van der Waals surface area contributed by atoms with Crippen LogP contribution in [-0.4, -0.2) is 35.4 Å². The number of amides is 1. The van der Waals surface area contributed by atoms with Crippen molar-refractivity contribution in [2.75, 3.05) is 18.8 Å². The molecule has 0 spiro atoms. The molecule has 1 aliphatic heterocycles. The molecule has 140 valence electrons. The van der Waals surface area contributed by atoms with E-state index in [9.17, 15) is 18.0 Å². The summed E-state index contributed by atoms with van der Waals surface area (Å²) in [6.07, 6.45) is -3.44. The monoisotopic (exact) mass is 389 g/mol. The van der Waals surface area contributed by atoms with Gasteiger partial charge in [0, 0.05) is 24.7 Å². The van der Waals surface area contributed by atoms with E-state index in [0.717, 1.165) is 18.2 Å². The van der Waals surface area contributed by atoms with Crippen LogP contribution in [0.25, 0.3) is 0 Å². The van der Waals surface area contributed by atoms with Gasteiger partial charge in [0.15, 0.2) is 0 Å². The molecular weight excluding hydrogens is 375 g/mol. The highest BCUT2D eigenvalue weighted by Crippen LogP contribution is 2.31. The van der Waals surface area contributed by atoms with Gasteiger partial charge < -0.3 is 19.9 Å². The number of carbonyl (C=O) groups is 1. The van der Waals surface area contributed by atoms with Gasteiger partial charge in [0.1, 0.15) is 5.75 Å². The molecule has 3 rings (SSSR count). The van der Waals surface area contributed by atoms with Gasteiger partial charge in [-0.2, -0.15) is 0 Å². The molecule has 0 bridgehead atoms. The minimum atomic E-state index is -4.85. The van der Waals surface area contributed by atoms with Crippen LogP contribution in [0, 0.1) is 5.92 Å². The Labute approximate surface area is 151 Å². The highest BCUT2D eigenvalue weighted by atomic mass is 35.5. The number of benzene rings is 1. The summed E-state index contributed by atoms with van der Waals surface area (Å²) in [4.78, 5) is 14.2. The van der Waals surface area contributed by atoms with E-state index < -0.39 is 12.1 Å². The zero-order chi connectivity index (χ0) is 18.9. The smallest absolute Gasteiger partial charge is 0.404 e. The van der Waals surface area contributed by atoms with Crippen molar-refractivity contribution in [2.45, 2.75) is 19.2 Å². The standard InChI is InChI=1S/C16H15ClF3N3O3/c17-12-6-10(1-2-13(12)25-16(18,19)20)15(24)23-4-3-9(8-23)5-11-7-14(21)26-22-11/h1-2,6-7,9H,3-5,8,21H2. The van der Waals surface area contributed by atoms with Gasteiger partial charge in [-0.05, 0) is 37.0 Å². The van der Waals surface area contributed by atoms with Crippen molar-refractivity contribution < 1.29 is 27.2 Å². The number of carbonyl (C=O) groups excluding carboxylic acids is 1. The third-order valence-corrected chi connectivity index (χ3v) is 4.35. The number of nitrogens with zero attached hydrogens (tertiary/aromatic N) is 2. The molecule has 0 aliphatic carbocycles. The number of nitrogens with two attached hydrogens (primary N) is 1. The molecule has 1 aliphatic rings. The van der Waals surface area contributed by atoms with Gasteiger partial charge in [0.25, 0.3) is 5.91 Å². The molecule has 1 unspecified atom stereocenters. The maximum atomic E-state index is 12.5. The first kappa shape index (κ1) is 18.4. The lowest BCUT2D eigenvalue weighted by Crippen LogP contribution is -2.29. The number of aromatic nitrogens is 1. The second kappa shape index (κ2) is 7.06. The highest BCUT2D eigenvalue weighted by Gasteiger charge is 2.33. The third kappa shape index (κ3) is 4.40. The molecule has 1 fully saturated rings. The fraction of sp³-hybridized carbons (Fsp3) is 0.375. The van der Waals surface area contributed by atoms with Gasteiger partial charge in [0.05, 0.1) is 10.7 Å². The Bertz CT molecular complexity index is 810. The van der Waals surface area contributed by atoms with Gasteiger partial charge in [0.2, 0.25) is 5.88 Å². The summed E-state index contributed by atoms with van der Waals surface area (Å²) in [6, 6.07) is 5.12. The predicted molar refractivity (Wildman–Crippen MR) is 86.8 cm³/mol. The van der Waals surface area contributed by atoms with E-state index in [0.29, 0.717) is 19.5 Å². The van der Waals surface area contributed by atoms with Crippen LogP contribution in [0.4, 0.5) is 19.1 Å². The van der Waals surface area contributed by atoms with Crippen LogP contribution in [0.2, 0.25) is 5.02 Å². The van der Waals surface area contributed by atoms with Gasteiger partial charge in [-0.25, -0.2) is 0 Å². The topological polar surface area (TPSA) is 81.6 Å². The normalized spacial score (nSPS) is 17.5. The summed E-state index contributed by atoms with van der Waals surface area (Å²) >= 11 is 5.80. The molecule has 1 aromatic heterocycles. The number of halogens is 4. The molecule has 1 saturated heterocycles. The summed E-state index contributed by atoms with van der Waals surface area (Å²) in [7, 11) is 0. The first-order valence-electron chi connectivity index (χ1n) is 7.77. The molecule has 1 atom stereocenters. The van der Waals surface area contributed by atoms with E-state index in [1.165, 1.54) is 12.1 Å². The lowest BCUT2D eigenvalue weighted by molar-refractivity contribution is -0.274. The Hall–Kier alpha value is -2.42. The molecule has 6 nitrogen and oxygen atoms in total. The van der Waals surface area contributed by atoms with E-state index in [1.54, 1.807) is 11.0 Å². The van der Waals surface area contributed by atoms with E-state index in [4.69, 9.17) is 21.9 Å². The lowest BCUT2D eigenvalue weighted by Gasteiger charge is -2.17. The molecule has 1 amide bonds. The quantitative estimate of drug-likeness (QED) is 0.865. The van der Waals surface area contributed by atoms with E-state index in [2.05, 4.69) is 9.89 Å². The number of rotatable bonds is 4. The molecule has 0 radical (unpaired) electrons. The van der Waals surface area contributed by atoms with Crippen molar-refractivity contribution in [1.82, 2.24) is 10.1 Å². The van der Waals surface area contributed by atoms with Crippen LogP contribution in [0.1, 0.15) is 22.5 Å². The first-order chi connectivity index (χ1) is 12.2. The largest absolute Gasteiger partial charge is 0.573 e. The average molecular weight is 390 g/mol. The van der Waals surface area contributed by atoms with Crippen molar-refractivity contribution >= 4 is 23.4 Å². The number of nitrogen functional groups attached to an aromatic ring is 1. The Kier molecular flexibility index (Phi) is 4.99. The molecule has 1 aromatic carbocycles. The first-order valence-corrected chi connectivity index (χ1v) is 8.14. The predicted octanol–water partition coefficient (Wildman–Crippen LogP) is 3.51. The molecule has 0 saturated carbocycles. The molecule has 2 N–H and O–H groups in total. The van der Waals surface area contributed by atoms with E-state index in [-0.39, 0.29) is 28.3 Å². The lowest BCUT2D eigenvalue weighted by atomic mass is 10.0. The zero-order valence-electron chi connectivity index (χ0n) is 13.4. The molecule has 26 heavy (non-hydrogen) atoms. The molecule has 2 aromatic rings. The van der Waals surface area contributed by atoms with E-state index >= 15 is 0 Å². The van der Waals surface area contributed by atoms with Crippen molar-refractivity contribution in [3.8, 4) is 5.75 Å². The fourth-order valence-corrected chi connectivity index (χ4v) is 3.15. The number of hydrogen-bond acceptors (Lipinski definition) is 5.